The van der Waals surface area contributed by atoms with E-state index in [4.69, 9.17) is 0 Å². The van der Waals surface area contributed by atoms with Crippen LogP contribution in [-0.4, -0.2) is 17.4 Å². The number of rotatable bonds is 5. The van der Waals surface area contributed by atoms with Crippen LogP contribution in [-0.2, 0) is 4.79 Å². The summed E-state index contributed by atoms with van der Waals surface area (Å²) in [6.07, 6.45) is 1.79. The van der Waals surface area contributed by atoms with Crippen LogP contribution in [0.4, 0.5) is 10.7 Å². The number of carbonyl (C=O) groups is 1. The van der Waals surface area contributed by atoms with Crippen LogP contribution in [0.1, 0.15) is 26.7 Å². The Bertz CT molecular complexity index is 389. The number of thiophene rings is 1. The van der Waals surface area contributed by atoms with Crippen molar-refractivity contribution in [2.24, 2.45) is 0 Å². The Balaban J connectivity index is 2.96. The summed E-state index contributed by atoms with van der Waals surface area (Å²) in [5.74, 6) is -0.157. The fraction of sp³-hybridized carbons (Fsp3) is 0.500. The van der Waals surface area contributed by atoms with Crippen molar-refractivity contribution in [1.82, 2.24) is 0 Å². The van der Waals surface area contributed by atoms with E-state index in [0.717, 1.165) is 24.2 Å². The van der Waals surface area contributed by atoms with Crippen LogP contribution in [0.5, 0.6) is 0 Å². The molecule has 0 spiro atoms. The lowest BCUT2D eigenvalue weighted by Crippen LogP contribution is -2.29. The number of unbranched alkanes of at least 4 members (excludes halogenated alkanes) is 1. The molecule has 0 atom stereocenters. The second kappa shape index (κ2) is 5.60. The summed E-state index contributed by atoms with van der Waals surface area (Å²) < 4.78 is 0. The molecule has 6 heteroatoms. The molecule has 1 amide bonds. The maximum Gasteiger partial charge on any atom is 0.347 e. The zero-order valence-electron chi connectivity index (χ0n) is 9.30. The molecular formula is C10H14N2O3S. The molecule has 0 aliphatic carbocycles. The summed E-state index contributed by atoms with van der Waals surface area (Å²) in [5, 5.41) is 12.4. The summed E-state index contributed by atoms with van der Waals surface area (Å²) in [6, 6.07) is 1.62. The molecule has 1 aromatic heterocycles. The SMILES string of the molecule is CCCCN(C(C)=O)c1ccsc1[N+](=O)[O-]. The normalized spacial score (nSPS) is 10.1. The summed E-state index contributed by atoms with van der Waals surface area (Å²) in [6.45, 7) is 3.97. The van der Waals surface area contributed by atoms with Crippen molar-refractivity contribution in [2.75, 3.05) is 11.4 Å². The Morgan fingerprint density at radius 3 is 2.81 bits per heavy atom. The van der Waals surface area contributed by atoms with E-state index < -0.39 is 4.92 Å². The van der Waals surface area contributed by atoms with E-state index >= 15 is 0 Å². The van der Waals surface area contributed by atoms with Gasteiger partial charge in [-0.2, -0.15) is 0 Å². The number of hydrogen-bond acceptors (Lipinski definition) is 4. The molecule has 1 heterocycles. The fourth-order valence-electron chi connectivity index (χ4n) is 1.40. The molecule has 5 nitrogen and oxygen atoms in total. The minimum Gasteiger partial charge on any atom is -0.306 e. The molecule has 0 bridgehead atoms. The predicted molar refractivity (Wildman–Crippen MR) is 63.9 cm³/mol. The molecular weight excluding hydrogens is 228 g/mol. The Labute approximate surface area is 97.8 Å². The highest BCUT2D eigenvalue weighted by molar-refractivity contribution is 7.14. The van der Waals surface area contributed by atoms with Gasteiger partial charge in [-0.05, 0) is 17.9 Å². The van der Waals surface area contributed by atoms with E-state index in [2.05, 4.69) is 0 Å². The Morgan fingerprint density at radius 1 is 1.62 bits per heavy atom. The average Bonchev–Trinajstić information content (AvgIpc) is 2.66. The lowest BCUT2D eigenvalue weighted by Gasteiger charge is -2.18. The van der Waals surface area contributed by atoms with Gasteiger partial charge in [0.1, 0.15) is 5.69 Å². The van der Waals surface area contributed by atoms with E-state index in [1.165, 1.54) is 11.8 Å². The van der Waals surface area contributed by atoms with Crippen molar-refractivity contribution in [3.8, 4) is 0 Å². The molecule has 0 saturated carbocycles. The van der Waals surface area contributed by atoms with Crippen LogP contribution in [0.25, 0.3) is 0 Å². The third-order valence-electron chi connectivity index (χ3n) is 2.20. The van der Waals surface area contributed by atoms with Gasteiger partial charge < -0.3 is 4.90 Å². The molecule has 0 N–H and O–H groups in total. The minimum atomic E-state index is -0.443. The fourth-order valence-corrected chi connectivity index (χ4v) is 2.11. The maximum atomic E-state index is 11.4. The van der Waals surface area contributed by atoms with Gasteiger partial charge >= 0.3 is 5.00 Å². The van der Waals surface area contributed by atoms with Gasteiger partial charge in [0.15, 0.2) is 0 Å². The molecule has 0 radical (unpaired) electrons. The van der Waals surface area contributed by atoms with E-state index in [1.54, 1.807) is 11.4 Å². The number of anilines is 1. The van der Waals surface area contributed by atoms with Crippen LogP contribution in [0.15, 0.2) is 11.4 Å². The van der Waals surface area contributed by atoms with Crippen LogP contribution in [0.2, 0.25) is 0 Å². The van der Waals surface area contributed by atoms with Crippen molar-refractivity contribution in [2.45, 2.75) is 26.7 Å². The maximum absolute atomic E-state index is 11.4. The Kier molecular flexibility index (Phi) is 4.42. The molecule has 0 aliphatic rings. The molecule has 0 saturated heterocycles. The first kappa shape index (κ1) is 12.6. The monoisotopic (exact) mass is 242 g/mol. The molecule has 0 aliphatic heterocycles. The topological polar surface area (TPSA) is 63.5 Å². The zero-order valence-corrected chi connectivity index (χ0v) is 10.1. The van der Waals surface area contributed by atoms with Crippen LogP contribution in [0, 0.1) is 10.1 Å². The van der Waals surface area contributed by atoms with Crippen LogP contribution >= 0.6 is 11.3 Å². The summed E-state index contributed by atoms with van der Waals surface area (Å²) in [4.78, 5) is 23.2. The summed E-state index contributed by atoms with van der Waals surface area (Å²) in [5.41, 5.74) is 0.413. The van der Waals surface area contributed by atoms with Crippen molar-refractivity contribution in [3.05, 3.63) is 21.6 Å². The van der Waals surface area contributed by atoms with Gasteiger partial charge in [0.05, 0.1) is 4.92 Å². The highest BCUT2D eigenvalue weighted by Gasteiger charge is 2.23. The van der Waals surface area contributed by atoms with Gasteiger partial charge in [0.25, 0.3) is 0 Å². The standard InChI is InChI=1S/C10H14N2O3S/c1-3-4-6-11(8(2)13)9-5-7-16-10(9)12(14)15/h5,7H,3-4,6H2,1-2H3. The van der Waals surface area contributed by atoms with E-state index in [0.29, 0.717) is 12.2 Å². The van der Waals surface area contributed by atoms with Gasteiger partial charge in [-0.15, -0.1) is 0 Å². The highest BCUT2D eigenvalue weighted by Crippen LogP contribution is 2.34. The summed E-state index contributed by atoms with van der Waals surface area (Å²) in [7, 11) is 0. The van der Waals surface area contributed by atoms with Gasteiger partial charge in [-0.1, -0.05) is 24.7 Å². The van der Waals surface area contributed by atoms with Crippen LogP contribution < -0.4 is 4.90 Å². The number of hydrogen-bond donors (Lipinski definition) is 0. The predicted octanol–water partition coefficient (Wildman–Crippen LogP) is 2.81. The zero-order chi connectivity index (χ0) is 12.1. The van der Waals surface area contributed by atoms with Crippen molar-refractivity contribution < 1.29 is 9.72 Å². The van der Waals surface area contributed by atoms with Crippen molar-refractivity contribution in [3.63, 3.8) is 0 Å². The van der Waals surface area contributed by atoms with Crippen molar-refractivity contribution >= 4 is 27.9 Å². The molecule has 88 valence electrons. The smallest absolute Gasteiger partial charge is 0.306 e. The number of amides is 1. The first-order valence-electron chi connectivity index (χ1n) is 5.08. The van der Waals surface area contributed by atoms with Gasteiger partial charge in [-0.3, -0.25) is 14.9 Å². The Morgan fingerprint density at radius 2 is 2.31 bits per heavy atom. The highest BCUT2D eigenvalue weighted by atomic mass is 32.1. The molecule has 1 rings (SSSR count). The van der Waals surface area contributed by atoms with Gasteiger partial charge in [-0.25, -0.2) is 0 Å². The van der Waals surface area contributed by atoms with Crippen molar-refractivity contribution in [1.29, 1.82) is 0 Å². The van der Waals surface area contributed by atoms with Gasteiger partial charge in [0, 0.05) is 13.5 Å². The largest absolute Gasteiger partial charge is 0.347 e. The lowest BCUT2D eigenvalue weighted by atomic mass is 10.3. The first-order chi connectivity index (χ1) is 7.57. The molecule has 16 heavy (non-hydrogen) atoms. The van der Waals surface area contributed by atoms with Gasteiger partial charge in [0.2, 0.25) is 5.91 Å². The number of nitrogens with zero attached hydrogens (tertiary/aromatic N) is 2. The second-order valence-electron chi connectivity index (χ2n) is 3.39. The lowest BCUT2D eigenvalue weighted by molar-refractivity contribution is -0.379. The minimum absolute atomic E-state index is 0.0336. The Hall–Kier alpha value is -1.43. The van der Waals surface area contributed by atoms with Crippen LogP contribution in [0.3, 0.4) is 0 Å². The summed E-state index contributed by atoms with van der Waals surface area (Å²) >= 11 is 1.04. The molecule has 0 aromatic carbocycles. The third kappa shape index (κ3) is 2.79. The van der Waals surface area contributed by atoms with E-state index in [1.807, 2.05) is 6.92 Å². The van der Waals surface area contributed by atoms with E-state index in [-0.39, 0.29) is 10.9 Å². The second-order valence-corrected chi connectivity index (χ2v) is 4.29. The average molecular weight is 242 g/mol. The number of carbonyl (C=O) groups excluding carboxylic acids is 1. The molecule has 0 unspecified atom stereocenters. The third-order valence-corrected chi connectivity index (χ3v) is 3.05. The quantitative estimate of drug-likeness (QED) is 0.589. The van der Waals surface area contributed by atoms with E-state index in [9.17, 15) is 14.9 Å². The molecule has 1 aromatic rings. The molecule has 0 fully saturated rings. The first-order valence-corrected chi connectivity index (χ1v) is 5.95. The number of nitro groups is 1.